The molecule has 0 radical (unpaired) electrons. The van der Waals surface area contributed by atoms with Crippen molar-refractivity contribution in [3.05, 3.63) is 42.5 Å². The lowest BCUT2D eigenvalue weighted by molar-refractivity contribution is -0.134. The monoisotopic (exact) mass is 310 g/mol. The molecule has 0 unspecified atom stereocenters. The molecular weight excluding hydrogens is 288 g/mol. The summed E-state index contributed by atoms with van der Waals surface area (Å²) in [7, 11) is 0. The first-order valence-corrected chi connectivity index (χ1v) is 6.81. The maximum absolute atomic E-state index is 9.55. The van der Waals surface area contributed by atoms with E-state index in [1.807, 2.05) is 30.3 Å². The number of carboxylic acid groups (broad SMARTS) is 2. The van der Waals surface area contributed by atoms with Crippen molar-refractivity contribution < 1.29 is 24.5 Å². The lowest BCUT2D eigenvalue weighted by atomic mass is 10.2. The second-order valence-electron chi connectivity index (χ2n) is 4.19. The summed E-state index contributed by atoms with van der Waals surface area (Å²) in [5.74, 6) is 3.59. The van der Waals surface area contributed by atoms with Crippen LogP contribution in [-0.4, -0.2) is 35.3 Å². The Kier molecular flexibility index (Phi) is 12.1. The van der Waals surface area contributed by atoms with Crippen molar-refractivity contribution in [2.24, 2.45) is 5.84 Å². The average Bonchev–Trinajstić information content (AvgIpc) is 2.50. The SMILES string of the molecule is NNCCCCCOc1ccccc1.O=C(O)/C=C\C(=O)O. The molecule has 0 aliphatic rings. The van der Waals surface area contributed by atoms with Crippen molar-refractivity contribution in [1.29, 1.82) is 0 Å². The summed E-state index contributed by atoms with van der Waals surface area (Å²) >= 11 is 0. The number of benzene rings is 1. The minimum atomic E-state index is -1.26. The molecule has 0 aromatic heterocycles. The van der Waals surface area contributed by atoms with Crippen molar-refractivity contribution in [3.8, 4) is 5.75 Å². The van der Waals surface area contributed by atoms with E-state index < -0.39 is 11.9 Å². The van der Waals surface area contributed by atoms with Gasteiger partial charge in [-0.05, 0) is 31.4 Å². The molecule has 122 valence electrons. The third-order valence-corrected chi connectivity index (χ3v) is 2.35. The van der Waals surface area contributed by atoms with Gasteiger partial charge in [0.1, 0.15) is 5.75 Å². The Balaban J connectivity index is 0.000000472. The van der Waals surface area contributed by atoms with Gasteiger partial charge >= 0.3 is 11.9 Å². The van der Waals surface area contributed by atoms with Crippen LogP contribution < -0.4 is 16.0 Å². The van der Waals surface area contributed by atoms with Gasteiger partial charge in [0.2, 0.25) is 0 Å². The maximum Gasteiger partial charge on any atom is 0.328 e. The largest absolute Gasteiger partial charge is 0.494 e. The van der Waals surface area contributed by atoms with E-state index in [1.165, 1.54) is 0 Å². The molecule has 7 nitrogen and oxygen atoms in total. The summed E-state index contributed by atoms with van der Waals surface area (Å²) in [6.07, 6.45) is 4.45. The number of nitrogens with one attached hydrogen (secondary N) is 1. The van der Waals surface area contributed by atoms with E-state index in [9.17, 15) is 9.59 Å². The zero-order valence-corrected chi connectivity index (χ0v) is 12.3. The highest BCUT2D eigenvalue weighted by Gasteiger charge is 1.91. The Hall–Kier alpha value is -2.38. The molecule has 22 heavy (non-hydrogen) atoms. The van der Waals surface area contributed by atoms with Crippen LogP contribution in [0.15, 0.2) is 42.5 Å². The number of nitrogens with two attached hydrogens (primary N) is 1. The molecule has 0 saturated carbocycles. The van der Waals surface area contributed by atoms with Crippen LogP contribution in [-0.2, 0) is 9.59 Å². The Morgan fingerprint density at radius 2 is 1.64 bits per heavy atom. The molecule has 1 aromatic rings. The molecule has 0 saturated heterocycles. The molecule has 0 fully saturated rings. The van der Waals surface area contributed by atoms with Crippen molar-refractivity contribution in [3.63, 3.8) is 0 Å². The van der Waals surface area contributed by atoms with Crippen LogP contribution in [0, 0.1) is 0 Å². The number of hydrogen-bond donors (Lipinski definition) is 4. The molecule has 7 heteroatoms. The van der Waals surface area contributed by atoms with Gasteiger partial charge < -0.3 is 14.9 Å². The molecule has 0 aliphatic carbocycles. The van der Waals surface area contributed by atoms with E-state index in [0.29, 0.717) is 12.2 Å². The minimum Gasteiger partial charge on any atom is -0.494 e. The van der Waals surface area contributed by atoms with E-state index in [4.69, 9.17) is 20.8 Å². The van der Waals surface area contributed by atoms with Crippen LogP contribution in [0.1, 0.15) is 19.3 Å². The van der Waals surface area contributed by atoms with E-state index in [1.54, 1.807) is 0 Å². The summed E-state index contributed by atoms with van der Waals surface area (Å²) in [5.41, 5.74) is 2.64. The molecule has 0 heterocycles. The number of ether oxygens (including phenoxy) is 1. The molecule has 0 spiro atoms. The fraction of sp³-hybridized carbons (Fsp3) is 0.333. The number of rotatable bonds is 9. The number of unbranched alkanes of at least 4 members (excludes halogenated alkanes) is 2. The summed E-state index contributed by atoms with van der Waals surface area (Å²) in [6.45, 7) is 1.67. The zero-order valence-electron chi connectivity index (χ0n) is 12.3. The Morgan fingerprint density at radius 1 is 1.05 bits per heavy atom. The van der Waals surface area contributed by atoms with Crippen LogP contribution in [0.3, 0.4) is 0 Å². The molecule has 1 rings (SSSR count). The Morgan fingerprint density at radius 3 is 2.14 bits per heavy atom. The predicted molar refractivity (Wildman–Crippen MR) is 82.4 cm³/mol. The fourth-order valence-electron chi connectivity index (χ4n) is 1.36. The lowest BCUT2D eigenvalue weighted by Gasteiger charge is -2.05. The number of carbonyl (C=O) groups is 2. The van der Waals surface area contributed by atoms with Gasteiger partial charge in [0.05, 0.1) is 6.61 Å². The number of carboxylic acids is 2. The number of hydrogen-bond acceptors (Lipinski definition) is 5. The van der Waals surface area contributed by atoms with Gasteiger partial charge in [0, 0.05) is 18.7 Å². The standard InChI is InChI=1S/C11H18N2O.C4H4O4/c12-13-9-5-2-6-10-14-11-7-3-1-4-8-11;5-3(6)1-2-4(7)8/h1,3-4,7-8,13H,2,5-6,9-10,12H2;1-2H,(H,5,6)(H,7,8)/b;2-1-. The third kappa shape index (κ3) is 14.0. The van der Waals surface area contributed by atoms with Crippen LogP contribution in [0.5, 0.6) is 5.75 Å². The molecular formula is C15H22N2O5. The van der Waals surface area contributed by atoms with Crippen molar-refractivity contribution in [2.45, 2.75) is 19.3 Å². The Bertz CT molecular complexity index is 433. The van der Waals surface area contributed by atoms with E-state index >= 15 is 0 Å². The fourth-order valence-corrected chi connectivity index (χ4v) is 1.36. The van der Waals surface area contributed by atoms with Gasteiger partial charge in [-0.2, -0.15) is 0 Å². The lowest BCUT2D eigenvalue weighted by Crippen LogP contribution is -2.22. The van der Waals surface area contributed by atoms with Crippen molar-refractivity contribution in [2.75, 3.05) is 13.2 Å². The van der Waals surface area contributed by atoms with Gasteiger partial charge in [0.25, 0.3) is 0 Å². The van der Waals surface area contributed by atoms with Crippen LogP contribution in [0.2, 0.25) is 0 Å². The summed E-state index contributed by atoms with van der Waals surface area (Å²) in [4.78, 5) is 19.1. The zero-order chi connectivity index (χ0) is 16.6. The molecule has 0 bridgehead atoms. The van der Waals surface area contributed by atoms with Crippen LogP contribution in [0.25, 0.3) is 0 Å². The van der Waals surface area contributed by atoms with Crippen LogP contribution >= 0.6 is 0 Å². The highest BCUT2D eigenvalue weighted by molar-refractivity contribution is 5.89. The minimum absolute atomic E-state index is 0.558. The van der Waals surface area contributed by atoms with E-state index in [2.05, 4.69) is 5.43 Å². The van der Waals surface area contributed by atoms with Gasteiger partial charge in [0.15, 0.2) is 0 Å². The highest BCUT2D eigenvalue weighted by Crippen LogP contribution is 2.08. The highest BCUT2D eigenvalue weighted by atomic mass is 16.5. The second kappa shape index (κ2) is 13.6. The van der Waals surface area contributed by atoms with Gasteiger partial charge in [-0.3, -0.25) is 11.3 Å². The summed E-state index contributed by atoms with van der Waals surface area (Å²) in [5, 5.41) is 15.6. The first-order chi connectivity index (χ1) is 10.6. The molecule has 0 amide bonds. The third-order valence-electron chi connectivity index (χ3n) is 2.35. The average molecular weight is 310 g/mol. The number of hydrazine groups is 1. The number of para-hydroxylation sites is 1. The van der Waals surface area contributed by atoms with E-state index in [-0.39, 0.29) is 0 Å². The molecule has 5 N–H and O–H groups in total. The van der Waals surface area contributed by atoms with E-state index in [0.717, 1.165) is 38.2 Å². The van der Waals surface area contributed by atoms with Crippen LogP contribution in [0.4, 0.5) is 0 Å². The quantitative estimate of drug-likeness (QED) is 0.235. The Labute approximate surface area is 129 Å². The van der Waals surface area contributed by atoms with Gasteiger partial charge in [-0.25, -0.2) is 9.59 Å². The molecule has 0 aliphatic heterocycles. The molecule has 1 aromatic carbocycles. The normalized spacial score (nSPS) is 9.86. The first kappa shape index (κ1) is 19.6. The van der Waals surface area contributed by atoms with Gasteiger partial charge in [-0.15, -0.1) is 0 Å². The second-order valence-corrected chi connectivity index (χ2v) is 4.19. The maximum atomic E-state index is 9.55. The predicted octanol–water partition coefficient (Wildman–Crippen LogP) is 1.41. The first-order valence-electron chi connectivity index (χ1n) is 6.81. The smallest absolute Gasteiger partial charge is 0.328 e. The number of aliphatic carboxylic acids is 2. The summed E-state index contributed by atoms with van der Waals surface area (Å²) < 4.78 is 5.53. The van der Waals surface area contributed by atoms with Crippen molar-refractivity contribution in [1.82, 2.24) is 5.43 Å². The summed E-state index contributed by atoms with van der Waals surface area (Å²) in [6, 6.07) is 9.89. The van der Waals surface area contributed by atoms with Crippen molar-refractivity contribution >= 4 is 11.9 Å². The topological polar surface area (TPSA) is 122 Å². The van der Waals surface area contributed by atoms with Gasteiger partial charge in [-0.1, -0.05) is 18.2 Å². The molecule has 0 atom stereocenters.